The molecule has 1 aromatic rings. The molecule has 12 nitrogen and oxygen atoms in total. The summed E-state index contributed by atoms with van der Waals surface area (Å²) in [5.74, 6) is -8.62. The Morgan fingerprint density at radius 2 is 1.30 bits per heavy atom. The molecular formula is C35H43NO11. The fourth-order valence-electron chi connectivity index (χ4n) is 6.61. The number of aromatic hydroxyl groups is 2. The summed E-state index contributed by atoms with van der Waals surface area (Å²) in [5.41, 5.74) is -2.37. The van der Waals surface area contributed by atoms with Gasteiger partial charge in [0.05, 0.1) is 52.7 Å². The summed E-state index contributed by atoms with van der Waals surface area (Å²) in [6.45, 7) is 10.8. The molecule has 12 heteroatoms. The minimum atomic E-state index is -1.62. The smallest absolute Gasteiger partial charge is 0.251 e. The molecular weight excluding hydrogens is 610 g/mol. The predicted octanol–water partition coefficient (Wildman–Crippen LogP) is 2.39. The monoisotopic (exact) mass is 653 g/mol. The summed E-state index contributed by atoms with van der Waals surface area (Å²) >= 11 is 0. The number of amides is 1. The Bertz CT molecular complexity index is 1620. The maximum Gasteiger partial charge on any atom is 0.251 e. The van der Waals surface area contributed by atoms with E-state index in [2.05, 4.69) is 5.32 Å². The van der Waals surface area contributed by atoms with Crippen molar-refractivity contribution in [3.8, 4) is 11.5 Å². The van der Waals surface area contributed by atoms with Crippen molar-refractivity contribution in [2.24, 2.45) is 29.6 Å². The van der Waals surface area contributed by atoms with Crippen molar-refractivity contribution in [3.63, 3.8) is 0 Å². The second-order valence-electron chi connectivity index (χ2n) is 13.0. The van der Waals surface area contributed by atoms with E-state index in [0.29, 0.717) is 0 Å². The number of rotatable bonds is 0. The summed E-state index contributed by atoms with van der Waals surface area (Å²) in [6, 6.07) is 0. The fraction of sp³-hybridized carbons (Fsp3) is 0.486. The van der Waals surface area contributed by atoms with Crippen LogP contribution in [0.3, 0.4) is 0 Å². The van der Waals surface area contributed by atoms with Crippen molar-refractivity contribution in [1.82, 2.24) is 5.32 Å². The normalized spacial score (nSPS) is 37.0. The third-order valence-electron chi connectivity index (χ3n) is 9.82. The summed E-state index contributed by atoms with van der Waals surface area (Å²) < 4.78 is 5.89. The van der Waals surface area contributed by atoms with Crippen molar-refractivity contribution < 1.29 is 54.6 Å². The van der Waals surface area contributed by atoms with Crippen LogP contribution in [0.2, 0.25) is 0 Å². The molecule has 7 N–H and O–H groups in total. The Morgan fingerprint density at radius 3 is 1.91 bits per heavy atom. The van der Waals surface area contributed by atoms with Gasteiger partial charge in [0.2, 0.25) is 5.78 Å². The van der Waals surface area contributed by atoms with Gasteiger partial charge in [-0.2, -0.15) is 0 Å². The maximum absolute atomic E-state index is 13.8. The molecule has 0 spiro atoms. The lowest BCUT2D eigenvalue weighted by Gasteiger charge is -2.45. The van der Waals surface area contributed by atoms with E-state index >= 15 is 0 Å². The number of carbonyl (C=O) groups excluding carboxylic acids is 4. The van der Waals surface area contributed by atoms with E-state index in [0.717, 1.165) is 6.08 Å². The predicted molar refractivity (Wildman–Crippen MR) is 169 cm³/mol. The number of carbonyl (C=O) groups is 4. The van der Waals surface area contributed by atoms with E-state index in [1.54, 1.807) is 33.8 Å². The van der Waals surface area contributed by atoms with Crippen LogP contribution in [0.5, 0.6) is 11.5 Å². The first kappa shape index (κ1) is 35.9. The van der Waals surface area contributed by atoms with Crippen molar-refractivity contribution in [3.05, 3.63) is 69.5 Å². The number of allylic oxidation sites excluding steroid dienone is 5. The molecule has 0 aromatic heterocycles. The van der Waals surface area contributed by atoms with Crippen LogP contribution in [0, 0.1) is 36.5 Å². The largest absolute Gasteiger partial charge is 0.507 e. The fourth-order valence-corrected chi connectivity index (χ4v) is 6.61. The lowest BCUT2D eigenvalue weighted by molar-refractivity contribution is -0.254. The van der Waals surface area contributed by atoms with Gasteiger partial charge in [-0.3, -0.25) is 19.2 Å². The molecule has 1 unspecified atom stereocenters. The maximum atomic E-state index is 13.8. The number of ether oxygens (including phenoxy) is 1. The van der Waals surface area contributed by atoms with Gasteiger partial charge in [-0.1, -0.05) is 52.0 Å². The number of hydrogen-bond donors (Lipinski definition) is 7. The summed E-state index contributed by atoms with van der Waals surface area (Å²) in [7, 11) is 0. The van der Waals surface area contributed by atoms with Gasteiger partial charge in [0.1, 0.15) is 11.5 Å². The second-order valence-corrected chi connectivity index (χ2v) is 13.0. The molecule has 0 radical (unpaired) electrons. The minimum Gasteiger partial charge on any atom is -0.507 e. The number of phenolic OH excluding ortho intramolecular Hbond substituents is 2. The van der Waals surface area contributed by atoms with Gasteiger partial charge in [-0.25, -0.2) is 0 Å². The minimum absolute atomic E-state index is 0.112. The SMILES string of the molecule is C/C1=C/C=C/[C@H](C)[C@H](O)[C@@H](C)[C@@H](O)[C@@H](C)[C@@H]2OC(O)[C@@H](/C=C(\C)C(=O)c3c(O)c(C)c(O)c4c3C(=O)C=C(NC1=O)C4=O)[C@H](O)[C@H]2C. The van der Waals surface area contributed by atoms with E-state index in [1.807, 2.05) is 0 Å². The Hall–Kier alpha value is -3.94. The molecule has 1 aromatic carbocycles. The molecule has 1 aliphatic carbocycles. The topological polar surface area (TPSA) is 211 Å². The zero-order valence-corrected chi connectivity index (χ0v) is 27.4. The Balaban J connectivity index is 1.88. The van der Waals surface area contributed by atoms with Gasteiger partial charge in [-0.15, -0.1) is 0 Å². The summed E-state index contributed by atoms with van der Waals surface area (Å²) in [5, 5.41) is 68.7. The van der Waals surface area contributed by atoms with Crippen LogP contribution in [0.25, 0.3) is 0 Å². The number of benzene rings is 1. The van der Waals surface area contributed by atoms with Crippen LogP contribution in [0.4, 0.5) is 0 Å². The van der Waals surface area contributed by atoms with Crippen LogP contribution >= 0.6 is 0 Å². The van der Waals surface area contributed by atoms with Gasteiger partial charge >= 0.3 is 0 Å². The Labute approximate surface area is 272 Å². The third kappa shape index (κ3) is 6.48. The van der Waals surface area contributed by atoms with Crippen LogP contribution in [-0.4, -0.2) is 84.6 Å². The van der Waals surface area contributed by atoms with Crippen LogP contribution in [0.15, 0.2) is 47.2 Å². The number of ketones is 3. The van der Waals surface area contributed by atoms with Crippen molar-refractivity contribution in [1.29, 1.82) is 0 Å². The molecule has 0 saturated carbocycles. The molecule has 6 aliphatic rings. The molecule has 1 saturated heterocycles. The van der Waals surface area contributed by atoms with E-state index in [1.165, 1.54) is 39.0 Å². The van der Waals surface area contributed by atoms with E-state index in [4.69, 9.17) is 4.74 Å². The van der Waals surface area contributed by atoms with Gasteiger partial charge in [-0.05, 0) is 26.3 Å². The molecule has 1 amide bonds. The lowest BCUT2D eigenvalue weighted by Crippen LogP contribution is -2.54. The first-order valence-electron chi connectivity index (χ1n) is 15.6. The van der Waals surface area contributed by atoms with Crippen LogP contribution < -0.4 is 5.32 Å². The highest BCUT2D eigenvalue weighted by Crippen LogP contribution is 2.42. The van der Waals surface area contributed by atoms with Crippen molar-refractivity contribution >= 4 is 23.3 Å². The number of Topliss-reactive ketones (excluding diaryl/α,β-unsaturated/α-hetero) is 2. The molecule has 1 fully saturated rings. The Morgan fingerprint density at radius 1 is 0.723 bits per heavy atom. The summed E-state index contributed by atoms with van der Waals surface area (Å²) in [4.78, 5) is 53.8. The van der Waals surface area contributed by atoms with E-state index in [9.17, 15) is 49.8 Å². The molecule has 6 bridgehead atoms. The molecule has 7 rings (SSSR count). The molecule has 47 heavy (non-hydrogen) atoms. The standard InChI is InChI=1S/C35H43NO11/c1-13-9-8-10-14(2)34(45)36-21-12-22(37)23-24(30(42)17(5)31(43)25(23)32(21)44)27(39)15(3)11-20-29(41)19(7)33(47-35(20)46)18(6)28(40)16(4)26(13)38/h8-13,16,18-20,26,28-29,33,35,38,40-43,46H,1-7H3,(H,36,45)/b9-8+,14-10-,15-11+/t13-,16+,18+,19+,20-,26-,28+,29+,33-,35?/m0/s1. The second kappa shape index (κ2) is 13.7. The number of nitrogens with one attached hydrogen (secondary N) is 1. The number of aliphatic hydroxyl groups is 4. The third-order valence-corrected chi connectivity index (χ3v) is 9.82. The number of hydrogen-bond acceptors (Lipinski definition) is 11. The summed E-state index contributed by atoms with van der Waals surface area (Å²) in [6.07, 6.45) is 0.789. The van der Waals surface area contributed by atoms with E-state index in [-0.39, 0.29) is 16.7 Å². The number of aliphatic hydroxyl groups excluding tert-OH is 4. The van der Waals surface area contributed by atoms with Crippen LogP contribution in [0.1, 0.15) is 78.2 Å². The average Bonchev–Trinajstić information content (AvgIpc) is 3.03. The van der Waals surface area contributed by atoms with Gasteiger partial charge in [0, 0.05) is 40.9 Å². The highest BCUT2D eigenvalue weighted by Gasteiger charge is 2.46. The first-order chi connectivity index (χ1) is 21.9. The first-order valence-corrected chi connectivity index (χ1v) is 15.6. The molecule has 254 valence electrons. The molecule has 5 heterocycles. The highest BCUT2D eigenvalue weighted by atomic mass is 16.6. The highest BCUT2D eigenvalue weighted by molar-refractivity contribution is 6.31. The van der Waals surface area contributed by atoms with Gasteiger partial charge in [0.15, 0.2) is 17.9 Å². The zero-order chi connectivity index (χ0) is 35.2. The van der Waals surface area contributed by atoms with Gasteiger partial charge in [0.25, 0.3) is 5.91 Å². The zero-order valence-electron chi connectivity index (χ0n) is 27.4. The molecule has 10 atom stereocenters. The quantitative estimate of drug-likeness (QED) is 0.216. The van der Waals surface area contributed by atoms with Crippen molar-refractivity contribution in [2.45, 2.75) is 79.2 Å². The van der Waals surface area contributed by atoms with E-state index < -0.39 is 117 Å². The lowest BCUT2D eigenvalue weighted by atomic mass is 9.75. The van der Waals surface area contributed by atoms with Gasteiger partial charge < -0.3 is 40.7 Å². The van der Waals surface area contributed by atoms with Crippen molar-refractivity contribution in [2.75, 3.05) is 0 Å². The average molecular weight is 654 g/mol. The van der Waals surface area contributed by atoms with Crippen LogP contribution in [-0.2, 0) is 9.53 Å². The Kier molecular flexibility index (Phi) is 10.4. The number of phenols is 2. The molecule has 5 aliphatic heterocycles.